The van der Waals surface area contributed by atoms with Crippen molar-refractivity contribution in [1.82, 2.24) is 10.2 Å². The molecule has 2 aliphatic rings. The Kier molecular flexibility index (Phi) is 8.35. The molecule has 2 aromatic carbocycles. The Morgan fingerprint density at radius 2 is 1.88 bits per heavy atom. The number of benzene rings is 2. The molecule has 1 saturated carbocycles. The van der Waals surface area contributed by atoms with Crippen LogP contribution < -0.4 is 10.1 Å². The van der Waals surface area contributed by atoms with Crippen LogP contribution in [0.2, 0.25) is 0 Å². The summed E-state index contributed by atoms with van der Waals surface area (Å²) in [6.45, 7) is 5.10. The number of fused-ring (bicyclic) bond motifs is 1. The van der Waals surface area contributed by atoms with Gasteiger partial charge in [-0.3, -0.25) is 14.7 Å². The number of rotatable bonds is 9. The lowest BCUT2D eigenvalue weighted by Gasteiger charge is -2.37. The predicted molar refractivity (Wildman–Crippen MR) is 133 cm³/mol. The molecule has 1 heterocycles. The first-order valence-electron chi connectivity index (χ1n) is 12.3. The van der Waals surface area contributed by atoms with Crippen molar-refractivity contribution in [1.29, 1.82) is 0 Å². The first kappa shape index (κ1) is 23.7. The summed E-state index contributed by atoms with van der Waals surface area (Å²) >= 11 is 0. The van der Waals surface area contributed by atoms with Crippen LogP contribution in [0.4, 0.5) is 0 Å². The fraction of sp³-hybridized carbons (Fsp3) is 0.556. The van der Waals surface area contributed by atoms with Crippen molar-refractivity contribution in [2.24, 2.45) is 10.9 Å². The Hall–Kier alpha value is -2.44. The van der Waals surface area contributed by atoms with Crippen LogP contribution in [-0.2, 0) is 9.53 Å². The molecule has 0 spiro atoms. The molecule has 6 nitrogen and oxygen atoms in total. The van der Waals surface area contributed by atoms with Gasteiger partial charge in [-0.1, -0.05) is 31.0 Å². The van der Waals surface area contributed by atoms with Crippen LogP contribution in [-0.4, -0.2) is 62.6 Å². The predicted octanol–water partition coefficient (Wildman–Crippen LogP) is 4.40. The summed E-state index contributed by atoms with van der Waals surface area (Å²) in [7, 11) is 1.70. The number of aliphatic imine (C=N–C) groups is 1. The van der Waals surface area contributed by atoms with E-state index in [9.17, 15) is 4.79 Å². The van der Waals surface area contributed by atoms with Crippen molar-refractivity contribution in [3.05, 3.63) is 42.0 Å². The van der Waals surface area contributed by atoms with E-state index in [-0.39, 0.29) is 5.91 Å². The Morgan fingerprint density at radius 3 is 2.67 bits per heavy atom. The van der Waals surface area contributed by atoms with Crippen LogP contribution in [0.1, 0.15) is 51.0 Å². The van der Waals surface area contributed by atoms with Gasteiger partial charge in [-0.05, 0) is 66.8 Å². The van der Waals surface area contributed by atoms with E-state index < -0.39 is 0 Å². The SMILES string of the molecule is COc1ccc2cc(/C(=N/COCCNC(C)=O)C3CCCN(C4CCCC4)C3)ccc2c1. The first-order valence-corrected chi connectivity index (χ1v) is 12.3. The molecule has 33 heavy (non-hydrogen) atoms. The third-order valence-electron chi connectivity index (χ3n) is 6.97. The molecule has 1 aliphatic carbocycles. The number of ether oxygens (including phenoxy) is 2. The summed E-state index contributed by atoms with van der Waals surface area (Å²) < 4.78 is 11.1. The third kappa shape index (κ3) is 6.33. The van der Waals surface area contributed by atoms with E-state index in [2.05, 4.69) is 40.5 Å². The average molecular weight is 452 g/mol. The highest BCUT2D eigenvalue weighted by molar-refractivity contribution is 6.05. The van der Waals surface area contributed by atoms with Crippen LogP contribution in [0, 0.1) is 5.92 Å². The van der Waals surface area contributed by atoms with Crippen molar-refractivity contribution in [3.63, 3.8) is 0 Å². The monoisotopic (exact) mass is 451 g/mol. The third-order valence-corrected chi connectivity index (χ3v) is 6.97. The van der Waals surface area contributed by atoms with Gasteiger partial charge >= 0.3 is 0 Å². The highest BCUT2D eigenvalue weighted by atomic mass is 16.5. The molecule has 2 fully saturated rings. The van der Waals surface area contributed by atoms with Crippen LogP contribution in [0.25, 0.3) is 10.8 Å². The molecule has 4 rings (SSSR count). The largest absolute Gasteiger partial charge is 0.497 e. The fourth-order valence-corrected chi connectivity index (χ4v) is 5.28. The number of carbonyl (C=O) groups excluding carboxylic acids is 1. The van der Waals surface area contributed by atoms with Gasteiger partial charge in [0, 0.05) is 37.7 Å². The highest BCUT2D eigenvalue weighted by Crippen LogP contribution is 2.30. The minimum absolute atomic E-state index is 0.0372. The maximum atomic E-state index is 11.1. The van der Waals surface area contributed by atoms with Gasteiger partial charge in [0.25, 0.3) is 0 Å². The quantitative estimate of drug-likeness (QED) is 0.453. The zero-order valence-corrected chi connectivity index (χ0v) is 20.0. The molecule has 6 heteroatoms. The van der Waals surface area contributed by atoms with Gasteiger partial charge in [0.15, 0.2) is 0 Å². The number of amides is 1. The maximum Gasteiger partial charge on any atom is 0.216 e. The smallest absolute Gasteiger partial charge is 0.216 e. The molecular weight excluding hydrogens is 414 g/mol. The molecule has 1 N–H and O–H groups in total. The molecule has 2 aromatic rings. The van der Waals surface area contributed by atoms with Crippen molar-refractivity contribution in [2.75, 3.05) is 40.1 Å². The van der Waals surface area contributed by atoms with Crippen molar-refractivity contribution in [3.8, 4) is 5.75 Å². The lowest BCUT2D eigenvalue weighted by molar-refractivity contribution is -0.119. The number of nitrogens with zero attached hydrogens (tertiary/aromatic N) is 2. The van der Waals surface area contributed by atoms with Crippen LogP contribution in [0.3, 0.4) is 0 Å². The zero-order chi connectivity index (χ0) is 23.0. The molecule has 0 bridgehead atoms. The van der Waals surface area contributed by atoms with Crippen LogP contribution >= 0.6 is 0 Å². The van der Waals surface area contributed by atoms with Gasteiger partial charge in [0.2, 0.25) is 5.91 Å². The highest BCUT2D eigenvalue weighted by Gasteiger charge is 2.30. The van der Waals surface area contributed by atoms with E-state index in [0.717, 1.165) is 30.5 Å². The number of likely N-dealkylation sites (tertiary alicyclic amines) is 1. The summed E-state index contributed by atoms with van der Waals surface area (Å²) in [4.78, 5) is 18.7. The summed E-state index contributed by atoms with van der Waals surface area (Å²) in [5.41, 5.74) is 2.33. The number of hydrogen-bond acceptors (Lipinski definition) is 5. The second-order valence-electron chi connectivity index (χ2n) is 9.26. The molecule has 1 unspecified atom stereocenters. The Balaban J connectivity index is 1.53. The standard InChI is InChI=1S/C27H37N3O3/c1-20(31)28-13-15-33-19-29-27(24-6-5-14-30(18-24)25-7-3-4-8-25)23-10-9-22-17-26(32-2)12-11-21(22)16-23/h9-12,16-17,24-25H,3-8,13-15,18-19H2,1-2H3,(H,28,31)/b29-27-. The second kappa shape index (κ2) is 11.6. The maximum absolute atomic E-state index is 11.1. The number of carbonyl (C=O) groups is 1. The Labute approximate surface area is 197 Å². The summed E-state index contributed by atoms with van der Waals surface area (Å²) in [6, 6.07) is 13.5. The minimum atomic E-state index is -0.0372. The van der Waals surface area contributed by atoms with Gasteiger partial charge < -0.3 is 14.8 Å². The Morgan fingerprint density at radius 1 is 1.09 bits per heavy atom. The number of hydrogen-bond donors (Lipinski definition) is 1. The Bertz CT molecular complexity index is 968. The molecule has 1 aliphatic heterocycles. The van der Waals surface area contributed by atoms with E-state index in [0.29, 0.717) is 25.8 Å². The van der Waals surface area contributed by atoms with E-state index in [4.69, 9.17) is 14.5 Å². The van der Waals surface area contributed by atoms with Crippen LogP contribution in [0.15, 0.2) is 41.4 Å². The van der Waals surface area contributed by atoms with Gasteiger partial charge in [0.05, 0.1) is 13.7 Å². The zero-order valence-electron chi connectivity index (χ0n) is 20.0. The van der Waals surface area contributed by atoms with Gasteiger partial charge in [-0.2, -0.15) is 0 Å². The summed E-state index contributed by atoms with van der Waals surface area (Å²) in [6.07, 6.45) is 7.78. The van der Waals surface area contributed by atoms with Gasteiger partial charge in [-0.15, -0.1) is 0 Å². The summed E-state index contributed by atoms with van der Waals surface area (Å²) in [5.74, 6) is 1.25. The second-order valence-corrected chi connectivity index (χ2v) is 9.26. The number of piperidine rings is 1. The topological polar surface area (TPSA) is 63.2 Å². The molecule has 1 atom stereocenters. The van der Waals surface area contributed by atoms with E-state index in [1.165, 1.54) is 61.9 Å². The molecule has 178 valence electrons. The van der Waals surface area contributed by atoms with Gasteiger partial charge in [-0.25, -0.2) is 0 Å². The minimum Gasteiger partial charge on any atom is -0.497 e. The molecule has 1 saturated heterocycles. The lowest BCUT2D eigenvalue weighted by atomic mass is 9.87. The van der Waals surface area contributed by atoms with Crippen molar-refractivity contribution < 1.29 is 14.3 Å². The first-order chi connectivity index (χ1) is 16.1. The molecular formula is C27H37N3O3. The van der Waals surface area contributed by atoms with Gasteiger partial charge in [0.1, 0.15) is 12.5 Å². The normalized spacial score (nSPS) is 20.3. The van der Waals surface area contributed by atoms with Crippen molar-refractivity contribution in [2.45, 2.75) is 51.5 Å². The van der Waals surface area contributed by atoms with E-state index in [1.807, 2.05) is 6.07 Å². The van der Waals surface area contributed by atoms with Crippen molar-refractivity contribution >= 4 is 22.4 Å². The molecule has 1 amide bonds. The van der Waals surface area contributed by atoms with Crippen LogP contribution in [0.5, 0.6) is 5.75 Å². The van der Waals surface area contributed by atoms with E-state index >= 15 is 0 Å². The average Bonchev–Trinajstić information content (AvgIpc) is 3.38. The molecule has 0 radical (unpaired) electrons. The number of methoxy groups -OCH3 is 1. The number of nitrogens with one attached hydrogen (secondary N) is 1. The molecule has 0 aromatic heterocycles. The van der Waals surface area contributed by atoms with E-state index in [1.54, 1.807) is 7.11 Å². The fourth-order valence-electron chi connectivity index (χ4n) is 5.28. The lowest BCUT2D eigenvalue weighted by Crippen LogP contribution is -2.44. The summed E-state index contributed by atoms with van der Waals surface area (Å²) in [5, 5.41) is 5.12.